The SMILES string of the molecule is CCNc1nc(C)c(C)cc1C#N. The van der Waals surface area contributed by atoms with Gasteiger partial charge in [-0.05, 0) is 32.4 Å². The molecule has 68 valence electrons. The second kappa shape index (κ2) is 3.90. The molecule has 1 heterocycles. The summed E-state index contributed by atoms with van der Waals surface area (Å²) in [5.74, 6) is 0.688. The van der Waals surface area contributed by atoms with Gasteiger partial charge in [0.15, 0.2) is 0 Å². The van der Waals surface area contributed by atoms with Crippen LogP contribution in [0.25, 0.3) is 0 Å². The Morgan fingerprint density at radius 2 is 2.23 bits per heavy atom. The molecule has 0 spiro atoms. The zero-order valence-electron chi connectivity index (χ0n) is 8.18. The number of nitrogens with one attached hydrogen (secondary N) is 1. The Labute approximate surface area is 78.4 Å². The molecule has 0 aliphatic heterocycles. The highest BCUT2D eigenvalue weighted by Gasteiger charge is 2.04. The molecule has 0 unspecified atom stereocenters. The first kappa shape index (κ1) is 9.53. The van der Waals surface area contributed by atoms with Crippen LogP contribution in [0.2, 0.25) is 0 Å². The van der Waals surface area contributed by atoms with E-state index in [2.05, 4.69) is 16.4 Å². The molecule has 0 fully saturated rings. The lowest BCUT2D eigenvalue weighted by atomic mass is 10.1. The monoisotopic (exact) mass is 175 g/mol. The van der Waals surface area contributed by atoms with E-state index in [9.17, 15) is 0 Å². The standard InChI is InChI=1S/C10H13N3/c1-4-12-10-9(6-11)5-7(2)8(3)13-10/h5H,4H2,1-3H3,(H,12,13). The van der Waals surface area contributed by atoms with Crippen LogP contribution in [0, 0.1) is 25.2 Å². The number of aryl methyl sites for hydroxylation is 2. The third kappa shape index (κ3) is 1.97. The average Bonchev–Trinajstić information content (AvgIpc) is 2.11. The number of anilines is 1. The highest BCUT2D eigenvalue weighted by molar-refractivity contribution is 5.53. The van der Waals surface area contributed by atoms with Crippen molar-refractivity contribution >= 4 is 5.82 Å². The molecule has 0 bridgehead atoms. The minimum Gasteiger partial charge on any atom is -0.369 e. The maximum atomic E-state index is 8.83. The third-order valence-corrected chi connectivity index (χ3v) is 1.93. The normalized spacial score (nSPS) is 9.38. The Morgan fingerprint density at radius 1 is 1.54 bits per heavy atom. The molecule has 0 aromatic carbocycles. The first-order valence-corrected chi connectivity index (χ1v) is 4.31. The Morgan fingerprint density at radius 3 is 2.77 bits per heavy atom. The van der Waals surface area contributed by atoms with E-state index in [-0.39, 0.29) is 0 Å². The van der Waals surface area contributed by atoms with Gasteiger partial charge in [0.2, 0.25) is 0 Å². The second-order valence-electron chi connectivity index (χ2n) is 2.93. The molecule has 1 aromatic heterocycles. The van der Waals surface area contributed by atoms with Gasteiger partial charge < -0.3 is 5.32 Å². The summed E-state index contributed by atoms with van der Waals surface area (Å²) in [6.07, 6.45) is 0. The maximum Gasteiger partial charge on any atom is 0.144 e. The van der Waals surface area contributed by atoms with Crippen LogP contribution in [0.5, 0.6) is 0 Å². The summed E-state index contributed by atoms with van der Waals surface area (Å²) in [6, 6.07) is 3.98. The van der Waals surface area contributed by atoms with E-state index < -0.39 is 0 Å². The minimum absolute atomic E-state index is 0.616. The Bertz CT molecular complexity index is 350. The summed E-state index contributed by atoms with van der Waals surface area (Å²) in [6.45, 7) is 6.67. The summed E-state index contributed by atoms with van der Waals surface area (Å²) < 4.78 is 0. The molecule has 13 heavy (non-hydrogen) atoms. The highest BCUT2D eigenvalue weighted by Crippen LogP contribution is 2.15. The van der Waals surface area contributed by atoms with Gasteiger partial charge in [-0.25, -0.2) is 4.98 Å². The number of pyridine rings is 1. The van der Waals surface area contributed by atoms with Crippen molar-refractivity contribution in [1.82, 2.24) is 4.98 Å². The van der Waals surface area contributed by atoms with Crippen molar-refractivity contribution in [2.75, 3.05) is 11.9 Å². The number of hydrogen-bond acceptors (Lipinski definition) is 3. The summed E-state index contributed by atoms with van der Waals surface area (Å²) in [5.41, 5.74) is 2.64. The molecule has 1 aromatic rings. The number of rotatable bonds is 2. The van der Waals surface area contributed by atoms with Gasteiger partial charge in [-0.15, -0.1) is 0 Å². The van der Waals surface area contributed by atoms with Crippen molar-refractivity contribution in [3.8, 4) is 6.07 Å². The van der Waals surface area contributed by atoms with Gasteiger partial charge in [0.25, 0.3) is 0 Å². The van der Waals surface area contributed by atoms with Crippen LogP contribution in [0.1, 0.15) is 23.7 Å². The van der Waals surface area contributed by atoms with Crippen LogP contribution in [0.3, 0.4) is 0 Å². The lowest BCUT2D eigenvalue weighted by Crippen LogP contribution is -2.03. The van der Waals surface area contributed by atoms with Crippen molar-refractivity contribution in [3.63, 3.8) is 0 Å². The van der Waals surface area contributed by atoms with E-state index in [1.54, 1.807) is 0 Å². The number of aromatic nitrogens is 1. The van der Waals surface area contributed by atoms with Crippen LogP contribution < -0.4 is 5.32 Å². The molecule has 0 saturated heterocycles. The van der Waals surface area contributed by atoms with Crippen LogP contribution in [0.15, 0.2) is 6.07 Å². The van der Waals surface area contributed by atoms with Gasteiger partial charge in [-0.3, -0.25) is 0 Å². The molecular formula is C10H13N3. The smallest absolute Gasteiger partial charge is 0.144 e. The van der Waals surface area contributed by atoms with Crippen LogP contribution in [0.4, 0.5) is 5.82 Å². The number of nitrogens with zero attached hydrogens (tertiary/aromatic N) is 2. The van der Waals surface area contributed by atoms with Crippen molar-refractivity contribution in [2.45, 2.75) is 20.8 Å². The second-order valence-corrected chi connectivity index (χ2v) is 2.93. The van der Waals surface area contributed by atoms with Gasteiger partial charge in [0.1, 0.15) is 11.9 Å². The van der Waals surface area contributed by atoms with E-state index in [1.165, 1.54) is 0 Å². The molecular weight excluding hydrogens is 162 g/mol. The van der Waals surface area contributed by atoms with Gasteiger partial charge >= 0.3 is 0 Å². The van der Waals surface area contributed by atoms with E-state index >= 15 is 0 Å². The Hall–Kier alpha value is -1.56. The fraction of sp³-hybridized carbons (Fsp3) is 0.400. The molecule has 1 rings (SSSR count). The van der Waals surface area contributed by atoms with Crippen LogP contribution in [-0.2, 0) is 0 Å². The van der Waals surface area contributed by atoms with Crippen molar-refractivity contribution in [3.05, 3.63) is 22.9 Å². The zero-order chi connectivity index (χ0) is 9.84. The van der Waals surface area contributed by atoms with E-state index in [0.717, 1.165) is 17.8 Å². The fourth-order valence-electron chi connectivity index (χ4n) is 1.09. The van der Waals surface area contributed by atoms with Gasteiger partial charge in [0, 0.05) is 12.2 Å². The molecule has 1 N–H and O–H groups in total. The maximum absolute atomic E-state index is 8.83. The molecule has 3 nitrogen and oxygen atoms in total. The van der Waals surface area contributed by atoms with E-state index in [0.29, 0.717) is 11.4 Å². The molecule has 0 atom stereocenters. The fourth-order valence-corrected chi connectivity index (χ4v) is 1.09. The van der Waals surface area contributed by atoms with Gasteiger partial charge in [-0.1, -0.05) is 0 Å². The number of hydrogen-bond donors (Lipinski definition) is 1. The number of nitriles is 1. The predicted octanol–water partition coefficient (Wildman–Crippen LogP) is 2.00. The summed E-state index contributed by atoms with van der Waals surface area (Å²) >= 11 is 0. The van der Waals surface area contributed by atoms with E-state index in [1.807, 2.05) is 26.8 Å². The Balaban J connectivity index is 3.18. The lowest BCUT2D eigenvalue weighted by Gasteiger charge is -2.07. The Kier molecular flexibility index (Phi) is 2.86. The summed E-state index contributed by atoms with van der Waals surface area (Å²) in [5, 5.41) is 11.9. The lowest BCUT2D eigenvalue weighted by molar-refractivity contribution is 1.09. The molecule has 0 saturated carbocycles. The minimum atomic E-state index is 0.616. The third-order valence-electron chi connectivity index (χ3n) is 1.93. The first-order chi connectivity index (χ1) is 6.19. The summed E-state index contributed by atoms with van der Waals surface area (Å²) in [4.78, 5) is 4.30. The van der Waals surface area contributed by atoms with E-state index in [4.69, 9.17) is 5.26 Å². The average molecular weight is 175 g/mol. The van der Waals surface area contributed by atoms with Crippen LogP contribution in [-0.4, -0.2) is 11.5 Å². The topological polar surface area (TPSA) is 48.7 Å². The molecule has 0 amide bonds. The zero-order valence-corrected chi connectivity index (χ0v) is 8.18. The van der Waals surface area contributed by atoms with Gasteiger partial charge in [0.05, 0.1) is 5.56 Å². The molecule has 0 radical (unpaired) electrons. The van der Waals surface area contributed by atoms with Crippen LogP contribution >= 0.6 is 0 Å². The predicted molar refractivity (Wildman–Crippen MR) is 52.6 cm³/mol. The molecule has 3 heteroatoms. The van der Waals surface area contributed by atoms with Crippen molar-refractivity contribution in [2.24, 2.45) is 0 Å². The molecule has 0 aliphatic carbocycles. The van der Waals surface area contributed by atoms with Crippen molar-refractivity contribution in [1.29, 1.82) is 5.26 Å². The van der Waals surface area contributed by atoms with Gasteiger partial charge in [-0.2, -0.15) is 5.26 Å². The first-order valence-electron chi connectivity index (χ1n) is 4.31. The highest BCUT2D eigenvalue weighted by atomic mass is 15.0. The quantitative estimate of drug-likeness (QED) is 0.747. The largest absolute Gasteiger partial charge is 0.369 e. The van der Waals surface area contributed by atoms with Crippen molar-refractivity contribution < 1.29 is 0 Å². The summed E-state index contributed by atoms with van der Waals surface area (Å²) in [7, 11) is 0. The molecule has 0 aliphatic rings.